The van der Waals surface area contributed by atoms with Crippen molar-refractivity contribution in [3.63, 3.8) is 0 Å². The van der Waals surface area contributed by atoms with Crippen LogP contribution in [0, 0.1) is 0 Å². The maximum absolute atomic E-state index is 12.4. The first-order chi connectivity index (χ1) is 13.2. The van der Waals surface area contributed by atoms with Crippen LogP contribution in [0.2, 0.25) is 0 Å². The molecule has 0 fully saturated rings. The van der Waals surface area contributed by atoms with E-state index in [0.29, 0.717) is 37.7 Å². The Morgan fingerprint density at radius 3 is 2.89 bits per heavy atom. The van der Waals surface area contributed by atoms with Gasteiger partial charge in [-0.2, -0.15) is 0 Å². The monoisotopic (exact) mass is 372 g/mol. The second-order valence-corrected chi connectivity index (χ2v) is 6.73. The molecule has 0 saturated heterocycles. The molecule has 1 aromatic heterocycles. The topological polar surface area (TPSA) is 68.6 Å². The number of aryl methyl sites for hydroxylation is 1. The first-order valence-corrected chi connectivity index (χ1v) is 9.49. The maximum atomic E-state index is 12.4. The Bertz CT molecular complexity index is 732. The molecule has 3 rings (SSSR count). The zero-order chi connectivity index (χ0) is 18.9. The standard InChI is InChI=1S/C20H28N4O3/c1-23-14-17(22-16-23)15-24-9-4-5-11-26-12-8-21-20(25)18-6-2-3-7-19(18)27-13-10-24/h2-3,6-7,14,16H,4-5,8-13,15H2,1H3,(H,21,25). The van der Waals surface area contributed by atoms with Gasteiger partial charge in [-0.3, -0.25) is 9.69 Å². The minimum absolute atomic E-state index is 0.130. The van der Waals surface area contributed by atoms with E-state index in [1.165, 1.54) is 0 Å². The van der Waals surface area contributed by atoms with Crippen LogP contribution in [0.1, 0.15) is 28.9 Å². The van der Waals surface area contributed by atoms with Crippen molar-refractivity contribution in [2.45, 2.75) is 19.4 Å². The predicted octanol–water partition coefficient (Wildman–Crippen LogP) is 1.84. The average molecular weight is 372 g/mol. The van der Waals surface area contributed by atoms with Crippen LogP contribution in [-0.4, -0.2) is 59.8 Å². The van der Waals surface area contributed by atoms with Crippen LogP contribution in [0.15, 0.2) is 36.8 Å². The summed E-state index contributed by atoms with van der Waals surface area (Å²) >= 11 is 0. The summed E-state index contributed by atoms with van der Waals surface area (Å²) in [5.74, 6) is 0.484. The zero-order valence-corrected chi connectivity index (χ0v) is 15.9. The molecular formula is C20H28N4O3. The molecule has 0 saturated carbocycles. The van der Waals surface area contributed by atoms with Gasteiger partial charge in [-0.1, -0.05) is 12.1 Å². The first-order valence-electron chi connectivity index (χ1n) is 9.49. The molecule has 146 valence electrons. The average Bonchev–Trinajstić information content (AvgIpc) is 3.07. The van der Waals surface area contributed by atoms with E-state index in [1.807, 2.05) is 42.3 Å². The molecule has 1 N–H and O–H groups in total. The van der Waals surface area contributed by atoms with Gasteiger partial charge in [-0.05, 0) is 31.5 Å². The van der Waals surface area contributed by atoms with Gasteiger partial charge in [0.15, 0.2) is 0 Å². The lowest BCUT2D eigenvalue weighted by Crippen LogP contribution is -2.30. The SMILES string of the molecule is Cn1cnc(CN2CCCCOCCNC(=O)c3ccccc3OCC2)c1. The van der Waals surface area contributed by atoms with Crippen LogP contribution in [0.4, 0.5) is 0 Å². The summed E-state index contributed by atoms with van der Waals surface area (Å²) in [6.45, 7) is 4.77. The number of nitrogens with zero attached hydrogens (tertiary/aromatic N) is 3. The minimum Gasteiger partial charge on any atom is -0.491 e. The lowest BCUT2D eigenvalue weighted by atomic mass is 10.2. The number of carbonyl (C=O) groups is 1. The number of fused-ring (bicyclic) bond motifs is 1. The predicted molar refractivity (Wildman–Crippen MR) is 103 cm³/mol. The van der Waals surface area contributed by atoms with E-state index >= 15 is 0 Å². The summed E-state index contributed by atoms with van der Waals surface area (Å²) in [4.78, 5) is 19.1. The molecule has 0 spiro atoms. The smallest absolute Gasteiger partial charge is 0.255 e. The first kappa shape index (κ1) is 19.4. The lowest BCUT2D eigenvalue weighted by Gasteiger charge is -2.21. The lowest BCUT2D eigenvalue weighted by molar-refractivity contribution is 0.0909. The van der Waals surface area contributed by atoms with Gasteiger partial charge < -0.3 is 19.4 Å². The fraction of sp³-hybridized carbons (Fsp3) is 0.500. The number of carbonyl (C=O) groups excluding carboxylic acids is 1. The van der Waals surface area contributed by atoms with Gasteiger partial charge in [-0.25, -0.2) is 4.98 Å². The van der Waals surface area contributed by atoms with Crippen molar-refractivity contribution in [3.8, 4) is 5.75 Å². The van der Waals surface area contributed by atoms with Gasteiger partial charge in [0.1, 0.15) is 12.4 Å². The third-order valence-electron chi connectivity index (χ3n) is 4.49. The fourth-order valence-electron chi connectivity index (χ4n) is 3.09. The Morgan fingerprint density at radius 1 is 1.15 bits per heavy atom. The van der Waals surface area contributed by atoms with Crippen LogP contribution < -0.4 is 10.1 Å². The molecule has 1 aliphatic rings. The Balaban J connectivity index is 1.66. The Hall–Kier alpha value is -2.38. The van der Waals surface area contributed by atoms with Crippen molar-refractivity contribution in [1.82, 2.24) is 19.8 Å². The number of para-hydroxylation sites is 1. The van der Waals surface area contributed by atoms with Crippen molar-refractivity contribution in [2.75, 3.05) is 39.5 Å². The number of hydrogen-bond donors (Lipinski definition) is 1. The number of ether oxygens (including phenoxy) is 2. The van der Waals surface area contributed by atoms with E-state index in [4.69, 9.17) is 9.47 Å². The highest BCUT2D eigenvalue weighted by molar-refractivity contribution is 5.96. The van der Waals surface area contributed by atoms with E-state index in [-0.39, 0.29) is 5.91 Å². The van der Waals surface area contributed by atoms with Gasteiger partial charge >= 0.3 is 0 Å². The van der Waals surface area contributed by atoms with Gasteiger partial charge in [0.05, 0.1) is 24.2 Å². The number of aromatic nitrogens is 2. The van der Waals surface area contributed by atoms with E-state index in [2.05, 4.69) is 15.2 Å². The van der Waals surface area contributed by atoms with Crippen molar-refractivity contribution < 1.29 is 14.3 Å². The molecule has 7 nitrogen and oxygen atoms in total. The number of nitrogens with one attached hydrogen (secondary N) is 1. The highest BCUT2D eigenvalue weighted by atomic mass is 16.5. The van der Waals surface area contributed by atoms with Crippen molar-refractivity contribution in [3.05, 3.63) is 48.0 Å². The molecule has 2 heterocycles. The largest absolute Gasteiger partial charge is 0.491 e. The minimum atomic E-state index is -0.130. The maximum Gasteiger partial charge on any atom is 0.255 e. The molecule has 0 unspecified atom stereocenters. The number of hydrogen-bond acceptors (Lipinski definition) is 5. The van der Waals surface area contributed by atoms with Crippen LogP contribution in [-0.2, 0) is 18.3 Å². The Morgan fingerprint density at radius 2 is 2.04 bits per heavy atom. The highest BCUT2D eigenvalue weighted by Gasteiger charge is 2.13. The quantitative estimate of drug-likeness (QED) is 0.871. The van der Waals surface area contributed by atoms with E-state index in [1.54, 1.807) is 6.07 Å². The molecule has 27 heavy (non-hydrogen) atoms. The summed E-state index contributed by atoms with van der Waals surface area (Å²) < 4.78 is 13.5. The highest BCUT2D eigenvalue weighted by Crippen LogP contribution is 2.18. The molecule has 1 aromatic carbocycles. The number of imidazole rings is 1. The van der Waals surface area contributed by atoms with Crippen molar-refractivity contribution in [1.29, 1.82) is 0 Å². The number of rotatable bonds is 2. The molecule has 0 bridgehead atoms. The third kappa shape index (κ3) is 6.08. The molecule has 0 aliphatic carbocycles. The number of benzene rings is 1. The molecule has 1 aliphatic heterocycles. The Labute approximate surface area is 160 Å². The molecule has 7 heteroatoms. The van der Waals surface area contributed by atoms with Crippen LogP contribution in [0.3, 0.4) is 0 Å². The van der Waals surface area contributed by atoms with Crippen LogP contribution in [0.5, 0.6) is 5.75 Å². The fourth-order valence-corrected chi connectivity index (χ4v) is 3.09. The second kappa shape index (κ2) is 10.1. The molecule has 1 amide bonds. The summed E-state index contributed by atoms with van der Waals surface area (Å²) in [6.07, 6.45) is 5.91. The van der Waals surface area contributed by atoms with E-state index < -0.39 is 0 Å². The van der Waals surface area contributed by atoms with Crippen LogP contribution in [0.25, 0.3) is 0 Å². The molecule has 0 atom stereocenters. The van der Waals surface area contributed by atoms with Gasteiger partial charge in [0, 0.05) is 39.5 Å². The van der Waals surface area contributed by atoms with Gasteiger partial charge in [0.25, 0.3) is 5.91 Å². The molecular weight excluding hydrogens is 344 g/mol. The van der Waals surface area contributed by atoms with E-state index in [9.17, 15) is 4.79 Å². The zero-order valence-electron chi connectivity index (χ0n) is 15.9. The summed E-state index contributed by atoms with van der Waals surface area (Å²) in [5.41, 5.74) is 1.61. The van der Waals surface area contributed by atoms with Crippen molar-refractivity contribution in [2.24, 2.45) is 7.05 Å². The summed E-state index contributed by atoms with van der Waals surface area (Å²) in [7, 11) is 1.98. The van der Waals surface area contributed by atoms with Gasteiger partial charge in [-0.15, -0.1) is 0 Å². The summed E-state index contributed by atoms with van der Waals surface area (Å²) in [5, 5.41) is 2.89. The normalized spacial score (nSPS) is 17.9. The summed E-state index contributed by atoms with van der Waals surface area (Å²) in [6, 6.07) is 7.36. The number of amides is 1. The van der Waals surface area contributed by atoms with Crippen molar-refractivity contribution >= 4 is 5.91 Å². The third-order valence-corrected chi connectivity index (χ3v) is 4.49. The molecule has 2 aromatic rings. The van der Waals surface area contributed by atoms with Gasteiger partial charge in [0.2, 0.25) is 0 Å². The molecule has 0 radical (unpaired) electrons. The van der Waals surface area contributed by atoms with E-state index in [0.717, 1.165) is 38.2 Å². The second-order valence-electron chi connectivity index (χ2n) is 6.73. The van der Waals surface area contributed by atoms with Crippen LogP contribution >= 0.6 is 0 Å². The Kier molecular flexibility index (Phi) is 7.24.